The van der Waals surface area contributed by atoms with Crippen molar-refractivity contribution in [1.82, 2.24) is 15.1 Å². The Bertz CT molecular complexity index is 584. The number of hydrogen-bond acceptors (Lipinski definition) is 2. The summed E-state index contributed by atoms with van der Waals surface area (Å²) in [5, 5.41) is 3.76. The minimum absolute atomic E-state index is 0.0383. The van der Waals surface area contributed by atoms with Gasteiger partial charge in [0.05, 0.1) is 0 Å². The Morgan fingerprint density at radius 3 is 2.46 bits per heavy atom. The van der Waals surface area contributed by atoms with E-state index < -0.39 is 0 Å². The lowest BCUT2D eigenvalue weighted by molar-refractivity contribution is -0.122. The Morgan fingerprint density at radius 1 is 1.08 bits per heavy atom. The number of hydrogen-bond donors (Lipinski definition) is 1. The van der Waals surface area contributed by atoms with E-state index in [1.165, 1.54) is 19.3 Å². The van der Waals surface area contributed by atoms with Gasteiger partial charge in [0.2, 0.25) is 5.91 Å². The lowest BCUT2D eigenvalue weighted by Crippen LogP contribution is -2.44. The molecular weight excluding hydrogens is 326 g/mol. The molecule has 1 saturated carbocycles. The van der Waals surface area contributed by atoms with Crippen molar-refractivity contribution in [2.24, 2.45) is 0 Å². The zero-order chi connectivity index (χ0) is 16.9. The van der Waals surface area contributed by atoms with Crippen LogP contribution in [-0.4, -0.2) is 47.4 Å². The Balaban J connectivity index is 1.48. The van der Waals surface area contributed by atoms with Crippen molar-refractivity contribution >= 4 is 23.5 Å². The molecule has 130 valence electrons. The van der Waals surface area contributed by atoms with E-state index in [2.05, 4.69) is 5.32 Å². The van der Waals surface area contributed by atoms with Crippen molar-refractivity contribution in [3.05, 3.63) is 34.9 Å². The van der Waals surface area contributed by atoms with E-state index in [9.17, 15) is 9.59 Å². The maximum Gasteiger partial charge on any atom is 0.320 e. The van der Waals surface area contributed by atoms with Crippen LogP contribution >= 0.6 is 11.6 Å². The summed E-state index contributed by atoms with van der Waals surface area (Å²) < 4.78 is 0. The third-order valence-electron chi connectivity index (χ3n) is 4.77. The molecule has 0 atom stereocenters. The van der Waals surface area contributed by atoms with E-state index in [1.807, 2.05) is 24.3 Å². The first kappa shape index (κ1) is 17.1. The predicted molar refractivity (Wildman–Crippen MR) is 93.8 cm³/mol. The van der Waals surface area contributed by atoms with Gasteiger partial charge < -0.3 is 15.1 Å². The summed E-state index contributed by atoms with van der Waals surface area (Å²) in [7, 11) is 0. The van der Waals surface area contributed by atoms with Crippen LogP contribution in [0.2, 0.25) is 5.02 Å². The van der Waals surface area contributed by atoms with Gasteiger partial charge in [0.25, 0.3) is 0 Å². The number of rotatable bonds is 5. The summed E-state index contributed by atoms with van der Waals surface area (Å²) in [6.07, 6.45) is 5.74. The lowest BCUT2D eigenvalue weighted by atomic mass is 9.95. The van der Waals surface area contributed by atoms with Crippen LogP contribution in [0.15, 0.2) is 24.3 Å². The molecule has 1 heterocycles. The van der Waals surface area contributed by atoms with E-state index in [-0.39, 0.29) is 24.5 Å². The van der Waals surface area contributed by atoms with Gasteiger partial charge in [-0.1, -0.05) is 43.0 Å². The molecule has 0 aromatic heterocycles. The smallest absolute Gasteiger partial charge is 0.320 e. The average Bonchev–Trinajstić information content (AvgIpc) is 2.91. The monoisotopic (exact) mass is 349 g/mol. The molecule has 1 aromatic rings. The molecule has 24 heavy (non-hydrogen) atoms. The van der Waals surface area contributed by atoms with Crippen LogP contribution in [0.25, 0.3) is 0 Å². The van der Waals surface area contributed by atoms with Crippen molar-refractivity contribution < 1.29 is 9.59 Å². The molecule has 2 fully saturated rings. The number of carbonyl (C=O) groups is 2. The van der Waals surface area contributed by atoms with Crippen molar-refractivity contribution in [1.29, 1.82) is 0 Å². The molecule has 5 nitrogen and oxygen atoms in total. The fourth-order valence-electron chi connectivity index (χ4n) is 3.43. The topological polar surface area (TPSA) is 52.7 Å². The van der Waals surface area contributed by atoms with Gasteiger partial charge >= 0.3 is 6.03 Å². The maximum atomic E-state index is 12.5. The fourth-order valence-corrected chi connectivity index (χ4v) is 3.56. The molecule has 0 radical (unpaired) electrons. The molecule has 1 aliphatic carbocycles. The molecule has 1 aliphatic heterocycles. The number of urea groups is 1. The van der Waals surface area contributed by atoms with Gasteiger partial charge in [0.15, 0.2) is 0 Å². The number of benzene rings is 1. The highest BCUT2D eigenvalue weighted by Crippen LogP contribution is 2.18. The summed E-state index contributed by atoms with van der Waals surface area (Å²) >= 11 is 5.88. The van der Waals surface area contributed by atoms with Crippen LogP contribution in [-0.2, 0) is 11.3 Å². The Hall–Kier alpha value is -1.75. The molecule has 0 spiro atoms. The van der Waals surface area contributed by atoms with Gasteiger partial charge in [-0.25, -0.2) is 4.79 Å². The van der Waals surface area contributed by atoms with E-state index >= 15 is 0 Å². The quantitative estimate of drug-likeness (QED) is 0.888. The first-order valence-corrected chi connectivity index (χ1v) is 9.07. The molecule has 0 bridgehead atoms. The van der Waals surface area contributed by atoms with Gasteiger partial charge in [-0.05, 0) is 30.5 Å². The van der Waals surface area contributed by atoms with Crippen molar-refractivity contribution in [3.8, 4) is 0 Å². The van der Waals surface area contributed by atoms with E-state index in [0.29, 0.717) is 24.7 Å². The second-order valence-corrected chi connectivity index (χ2v) is 7.09. The van der Waals surface area contributed by atoms with Crippen molar-refractivity contribution in [2.45, 2.75) is 44.7 Å². The highest BCUT2D eigenvalue weighted by molar-refractivity contribution is 6.30. The van der Waals surface area contributed by atoms with E-state index in [1.54, 1.807) is 9.80 Å². The van der Waals surface area contributed by atoms with Crippen LogP contribution < -0.4 is 5.32 Å². The number of nitrogens with one attached hydrogen (secondary N) is 1. The van der Waals surface area contributed by atoms with Crippen LogP contribution in [0.1, 0.15) is 37.7 Å². The third kappa shape index (κ3) is 4.41. The minimum Gasteiger partial charge on any atom is -0.352 e. The van der Waals surface area contributed by atoms with Crippen molar-refractivity contribution in [3.63, 3.8) is 0 Å². The van der Waals surface area contributed by atoms with Gasteiger partial charge in [-0.3, -0.25) is 4.79 Å². The summed E-state index contributed by atoms with van der Waals surface area (Å²) in [5.74, 6) is -0.0383. The van der Waals surface area contributed by atoms with Crippen LogP contribution in [0, 0.1) is 0 Å². The molecule has 2 aliphatic rings. The molecule has 6 heteroatoms. The summed E-state index contributed by atoms with van der Waals surface area (Å²) in [6.45, 7) is 1.96. The Labute approximate surface area is 147 Å². The Kier molecular flexibility index (Phi) is 5.61. The summed E-state index contributed by atoms with van der Waals surface area (Å²) in [6, 6.07) is 7.72. The third-order valence-corrected chi connectivity index (χ3v) is 5.02. The zero-order valence-electron chi connectivity index (χ0n) is 13.8. The number of halogens is 1. The minimum atomic E-state index is -0.0660. The summed E-state index contributed by atoms with van der Waals surface area (Å²) in [5.41, 5.74) is 1.04. The highest BCUT2D eigenvalue weighted by Gasteiger charge is 2.30. The van der Waals surface area contributed by atoms with Gasteiger partial charge in [-0.2, -0.15) is 0 Å². The predicted octanol–water partition coefficient (Wildman–Crippen LogP) is 3.03. The van der Waals surface area contributed by atoms with Crippen molar-refractivity contribution in [2.75, 3.05) is 19.6 Å². The maximum absolute atomic E-state index is 12.5. The van der Waals surface area contributed by atoms with Crippen LogP contribution in [0.4, 0.5) is 4.79 Å². The average molecular weight is 350 g/mol. The van der Waals surface area contributed by atoms with E-state index in [4.69, 9.17) is 11.6 Å². The molecule has 1 aromatic carbocycles. The SMILES string of the molecule is O=C(CN1CCN(Cc2ccc(Cl)cc2)C1=O)NC1CCCCC1. The molecule has 3 rings (SSSR count). The van der Waals surface area contributed by atoms with E-state index in [0.717, 1.165) is 18.4 Å². The standard InChI is InChI=1S/C18H24ClN3O2/c19-15-8-6-14(7-9-15)12-21-10-11-22(18(21)24)13-17(23)20-16-4-2-1-3-5-16/h6-9,16H,1-5,10-13H2,(H,20,23). The van der Waals surface area contributed by atoms with Gasteiger partial charge in [0.1, 0.15) is 6.54 Å². The molecule has 3 amide bonds. The number of nitrogens with zero attached hydrogens (tertiary/aromatic N) is 2. The van der Waals surface area contributed by atoms with Gasteiger partial charge in [0, 0.05) is 30.7 Å². The Morgan fingerprint density at radius 2 is 1.75 bits per heavy atom. The summed E-state index contributed by atoms with van der Waals surface area (Å²) in [4.78, 5) is 28.0. The van der Waals surface area contributed by atoms with Crippen LogP contribution in [0.5, 0.6) is 0 Å². The molecule has 0 unspecified atom stereocenters. The number of carbonyl (C=O) groups excluding carboxylic acids is 2. The highest BCUT2D eigenvalue weighted by atomic mass is 35.5. The lowest BCUT2D eigenvalue weighted by Gasteiger charge is -2.24. The molecule has 1 N–H and O–H groups in total. The first-order valence-electron chi connectivity index (χ1n) is 8.69. The van der Waals surface area contributed by atoms with Crippen LogP contribution in [0.3, 0.4) is 0 Å². The zero-order valence-corrected chi connectivity index (χ0v) is 14.6. The molecular formula is C18H24ClN3O2. The second-order valence-electron chi connectivity index (χ2n) is 6.65. The molecule has 1 saturated heterocycles. The number of amides is 3. The first-order chi connectivity index (χ1) is 11.6. The fraction of sp³-hybridized carbons (Fsp3) is 0.556. The largest absolute Gasteiger partial charge is 0.352 e. The van der Waals surface area contributed by atoms with Gasteiger partial charge in [-0.15, -0.1) is 0 Å². The normalized spacial score (nSPS) is 19.0. The second kappa shape index (κ2) is 7.88.